The van der Waals surface area contributed by atoms with Crippen LogP contribution in [0, 0.1) is 17.1 Å². The molecule has 1 fully saturated rings. The molecule has 1 heterocycles. The summed E-state index contributed by atoms with van der Waals surface area (Å²) in [6, 6.07) is 2.88. The Morgan fingerprint density at radius 3 is 2.50 bits per heavy atom. The van der Waals surface area contributed by atoms with E-state index in [1.165, 1.54) is 12.0 Å². The fourth-order valence-electron chi connectivity index (χ4n) is 3.47. The highest BCUT2D eigenvalue weighted by molar-refractivity contribution is 5.66. The van der Waals surface area contributed by atoms with Crippen molar-refractivity contribution >= 4 is 11.9 Å². The van der Waals surface area contributed by atoms with Crippen LogP contribution in [0.3, 0.4) is 0 Å². The number of methoxy groups -OCH3 is 1. The van der Waals surface area contributed by atoms with Gasteiger partial charge in [-0.3, -0.25) is 0 Å². The summed E-state index contributed by atoms with van der Waals surface area (Å²) >= 11 is 0. The van der Waals surface area contributed by atoms with Gasteiger partial charge < -0.3 is 20.1 Å². The van der Waals surface area contributed by atoms with Crippen LogP contribution in [0.5, 0.6) is 5.88 Å². The lowest BCUT2D eigenvalue weighted by molar-refractivity contribution is 0.0556. The lowest BCUT2D eigenvalue weighted by Gasteiger charge is -2.42. The number of nitriles is 1. The van der Waals surface area contributed by atoms with Gasteiger partial charge in [-0.15, -0.1) is 0 Å². The Kier molecular flexibility index (Phi) is 5.90. The number of amides is 1. The van der Waals surface area contributed by atoms with Gasteiger partial charge in [0.1, 0.15) is 11.6 Å². The van der Waals surface area contributed by atoms with Gasteiger partial charge in [0.05, 0.1) is 7.11 Å². The largest absolute Gasteiger partial charge is 0.480 e. The maximum Gasteiger partial charge on any atom is 0.407 e. The van der Waals surface area contributed by atoms with Crippen LogP contribution >= 0.6 is 0 Å². The second-order valence-electron chi connectivity index (χ2n) is 7.46. The molecule has 7 nitrogen and oxygen atoms in total. The molecule has 0 radical (unpaired) electrons. The Morgan fingerprint density at radius 1 is 1.42 bits per heavy atom. The molecule has 2 rings (SSSR count). The first-order valence-electron chi connectivity index (χ1n) is 8.60. The number of hydrogen-bond donors (Lipinski definition) is 2. The summed E-state index contributed by atoms with van der Waals surface area (Å²) in [7, 11) is 1.38. The van der Waals surface area contributed by atoms with Gasteiger partial charge in [0, 0.05) is 23.7 Å². The van der Waals surface area contributed by atoms with Crippen molar-refractivity contribution in [2.24, 2.45) is 0 Å². The molecule has 1 aliphatic rings. The summed E-state index contributed by atoms with van der Waals surface area (Å²) < 4.78 is 19.2. The first kappa shape index (κ1) is 19.8. The summed E-state index contributed by atoms with van der Waals surface area (Å²) in [6.45, 7) is 5.65. The zero-order valence-corrected chi connectivity index (χ0v) is 15.5. The zero-order chi connectivity index (χ0) is 19.5. The molecule has 142 valence electrons. The number of pyridine rings is 1. The van der Waals surface area contributed by atoms with E-state index in [0.29, 0.717) is 25.7 Å². The Balaban J connectivity index is 2.05. The minimum Gasteiger partial charge on any atom is -0.480 e. The monoisotopic (exact) mass is 364 g/mol. The number of nitrogens with zero attached hydrogens (tertiary/aromatic N) is 3. The third-order valence-electron chi connectivity index (χ3n) is 4.59. The lowest BCUT2D eigenvalue weighted by Crippen LogP contribution is -2.52. The smallest absolute Gasteiger partial charge is 0.407 e. The quantitative estimate of drug-likeness (QED) is 0.847. The molecule has 0 aliphatic heterocycles. The van der Waals surface area contributed by atoms with Gasteiger partial charge in [0.2, 0.25) is 5.88 Å². The molecular formula is C18H25FN4O3. The summed E-state index contributed by atoms with van der Waals surface area (Å²) in [5.41, 5.74) is -0.424. The molecule has 0 bridgehead atoms. The van der Waals surface area contributed by atoms with Crippen molar-refractivity contribution in [3.05, 3.63) is 17.4 Å². The van der Waals surface area contributed by atoms with Gasteiger partial charge in [0.25, 0.3) is 0 Å². The van der Waals surface area contributed by atoms with Crippen molar-refractivity contribution in [2.75, 3.05) is 12.4 Å². The van der Waals surface area contributed by atoms with Crippen molar-refractivity contribution in [1.82, 2.24) is 9.88 Å². The molecule has 1 aromatic rings. The van der Waals surface area contributed by atoms with Gasteiger partial charge in [0.15, 0.2) is 11.6 Å². The van der Waals surface area contributed by atoms with E-state index in [2.05, 4.69) is 10.3 Å². The van der Waals surface area contributed by atoms with E-state index in [1.54, 1.807) is 0 Å². The van der Waals surface area contributed by atoms with Crippen LogP contribution in [0.25, 0.3) is 0 Å². The van der Waals surface area contributed by atoms with Crippen LogP contribution in [0.4, 0.5) is 15.0 Å². The third-order valence-corrected chi connectivity index (χ3v) is 4.59. The lowest BCUT2D eigenvalue weighted by atomic mass is 9.88. The summed E-state index contributed by atoms with van der Waals surface area (Å²) in [5, 5.41) is 21.5. The molecule has 8 heteroatoms. The second kappa shape index (κ2) is 7.77. The summed E-state index contributed by atoms with van der Waals surface area (Å²) in [5.74, 6) is -0.476. The number of halogens is 1. The molecule has 26 heavy (non-hydrogen) atoms. The normalized spacial score (nSPS) is 20.2. The summed E-state index contributed by atoms with van der Waals surface area (Å²) in [6.07, 6.45) is 1.87. The SMILES string of the molecule is COc1nc(NC2CCC(N(C(=O)O)C(C)(C)C)CC2)c(F)cc1C#N. The van der Waals surface area contributed by atoms with E-state index in [4.69, 9.17) is 10.00 Å². The van der Waals surface area contributed by atoms with Gasteiger partial charge >= 0.3 is 6.09 Å². The van der Waals surface area contributed by atoms with Crippen molar-refractivity contribution in [2.45, 2.75) is 64.1 Å². The highest BCUT2D eigenvalue weighted by Gasteiger charge is 2.35. The standard InChI is InChI=1S/C18H25FN4O3/c1-18(2,3)23(17(24)25)13-7-5-12(6-8-13)21-15-14(19)9-11(10-20)16(22-15)26-4/h9,12-13H,5-8H2,1-4H3,(H,21,22)(H,24,25). The molecule has 0 atom stereocenters. The van der Waals surface area contributed by atoms with Crippen LogP contribution in [0.2, 0.25) is 0 Å². The van der Waals surface area contributed by atoms with Crippen LogP contribution in [-0.2, 0) is 0 Å². The van der Waals surface area contributed by atoms with E-state index in [-0.39, 0.29) is 29.3 Å². The van der Waals surface area contributed by atoms with Crippen LogP contribution in [0.1, 0.15) is 52.0 Å². The fourth-order valence-corrected chi connectivity index (χ4v) is 3.47. The predicted molar refractivity (Wildman–Crippen MR) is 94.7 cm³/mol. The van der Waals surface area contributed by atoms with E-state index in [9.17, 15) is 14.3 Å². The maximum atomic E-state index is 14.2. The number of ether oxygens (including phenoxy) is 1. The van der Waals surface area contributed by atoms with E-state index in [1.807, 2.05) is 26.8 Å². The molecule has 0 saturated heterocycles. The molecule has 0 aromatic carbocycles. The number of hydrogen-bond acceptors (Lipinski definition) is 5. The van der Waals surface area contributed by atoms with Crippen molar-refractivity contribution in [3.8, 4) is 11.9 Å². The van der Waals surface area contributed by atoms with E-state index < -0.39 is 17.4 Å². The maximum absolute atomic E-state index is 14.2. The minimum atomic E-state index is -0.918. The molecular weight excluding hydrogens is 339 g/mol. The van der Waals surface area contributed by atoms with Crippen LogP contribution < -0.4 is 10.1 Å². The molecule has 2 N–H and O–H groups in total. The van der Waals surface area contributed by atoms with E-state index >= 15 is 0 Å². The number of nitrogens with one attached hydrogen (secondary N) is 1. The van der Waals surface area contributed by atoms with Gasteiger partial charge in [-0.05, 0) is 46.5 Å². The van der Waals surface area contributed by atoms with Gasteiger partial charge in [-0.1, -0.05) is 0 Å². The second-order valence-corrected chi connectivity index (χ2v) is 7.46. The molecule has 1 aromatic heterocycles. The molecule has 0 spiro atoms. The topological polar surface area (TPSA) is 98.5 Å². The molecule has 1 aliphatic carbocycles. The number of carboxylic acid groups (broad SMARTS) is 1. The number of carbonyl (C=O) groups is 1. The first-order chi connectivity index (χ1) is 12.2. The number of anilines is 1. The zero-order valence-electron chi connectivity index (χ0n) is 15.5. The predicted octanol–water partition coefficient (Wildman–Crippen LogP) is 3.60. The van der Waals surface area contributed by atoms with Gasteiger partial charge in [-0.25, -0.2) is 9.18 Å². The van der Waals surface area contributed by atoms with Crippen LogP contribution in [-0.4, -0.2) is 45.8 Å². The molecule has 1 amide bonds. The Hall–Kier alpha value is -2.56. The fraction of sp³-hybridized carbons (Fsp3) is 0.611. The molecule has 1 saturated carbocycles. The Bertz CT molecular complexity index is 704. The Morgan fingerprint density at radius 2 is 2.04 bits per heavy atom. The average molecular weight is 364 g/mol. The van der Waals surface area contributed by atoms with Crippen molar-refractivity contribution in [1.29, 1.82) is 5.26 Å². The van der Waals surface area contributed by atoms with Crippen molar-refractivity contribution < 1.29 is 19.0 Å². The number of rotatable bonds is 4. The minimum absolute atomic E-state index is 0.0125. The average Bonchev–Trinajstić information content (AvgIpc) is 2.56. The first-order valence-corrected chi connectivity index (χ1v) is 8.60. The van der Waals surface area contributed by atoms with E-state index in [0.717, 1.165) is 6.07 Å². The third kappa shape index (κ3) is 4.34. The van der Waals surface area contributed by atoms with Crippen LogP contribution in [0.15, 0.2) is 6.07 Å². The Labute approximate surface area is 152 Å². The van der Waals surface area contributed by atoms with Crippen molar-refractivity contribution in [3.63, 3.8) is 0 Å². The number of aromatic nitrogens is 1. The van der Waals surface area contributed by atoms with Gasteiger partial charge in [-0.2, -0.15) is 10.2 Å². The molecule has 0 unspecified atom stereocenters. The summed E-state index contributed by atoms with van der Waals surface area (Å²) in [4.78, 5) is 17.2. The highest BCUT2D eigenvalue weighted by Crippen LogP contribution is 2.31. The highest BCUT2D eigenvalue weighted by atomic mass is 19.1.